The molecule has 0 aliphatic carbocycles. The molecule has 0 aromatic heterocycles. The van der Waals surface area contributed by atoms with Crippen LogP contribution in [0, 0.1) is 0 Å². The summed E-state index contributed by atoms with van der Waals surface area (Å²) < 4.78 is 6.18. The third-order valence-electron chi connectivity index (χ3n) is 3.58. The van der Waals surface area contributed by atoms with Gasteiger partial charge in [0.15, 0.2) is 0 Å². The highest BCUT2D eigenvalue weighted by atomic mass is 79.9. The van der Waals surface area contributed by atoms with E-state index in [2.05, 4.69) is 21.4 Å². The highest BCUT2D eigenvalue weighted by Crippen LogP contribution is 2.21. The quantitative estimate of drug-likeness (QED) is 0.861. The Morgan fingerprint density at radius 3 is 2.55 bits per heavy atom. The number of ether oxygens (including phenoxy) is 1. The van der Waals surface area contributed by atoms with Crippen LogP contribution in [-0.4, -0.2) is 43.0 Å². The maximum Gasteiger partial charge on any atom is 0.271 e. The van der Waals surface area contributed by atoms with Gasteiger partial charge in [0, 0.05) is 24.0 Å². The van der Waals surface area contributed by atoms with Gasteiger partial charge in [0.25, 0.3) is 5.91 Å². The smallest absolute Gasteiger partial charge is 0.271 e. The third kappa shape index (κ3) is 3.15. The Balaban J connectivity index is 1.75. The molecule has 0 unspecified atom stereocenters. The molecule has 2 aliphatic rings. The molecule has 1 aromatic rings. The van der Waals surface area contributed by atoms with Gasteiger partial charge in [0.1, 0.15) is 5.70 Å². The van der Waals surface area contributed by atoms with Gasteiger partial charge in [-0.25, -0.2) is 5.01 Å². The minimum atomic E-state index is -0.0992. The van der Waals surface area contributed by atoms with Crippen LogP contribution in [0.4, 0.5) is 5.69 Å². The number of carbonyl (C=O) groups excluding carboxylic acids is 2. The highest BCUT2D eigenvalue weighted by Gasteiger charge is 2.27. The summed E-state index contributed by atoms with van der Waals surface area (Å²) in [4.78, 5) is 26.3. The average molecular weight is 366 g/mol. The molecule has 22 heavy (non-hydrogen) atoms. The summed E-state index contributed by atoms with van der Waals surface area (Å²) in [5, 5.41) is 1.42. The molecular weight excluding hydrogens is 350 g/mol. The van der Waals surface area contributed by atoms with Gasteiger partial charge in [-0.05, 0) is 30.3 Å². The first kappa shape index (κ1) is 15.1. The molecule has 0 radical (unpaired) electrons. The van der Waals surface area contributed by atoms with Crippen molar-refractivity contribution in [2.24, 2.45) is 0 Å². The number of rotatable bonds is 2. The highest BCUT2D eigenvalue weighted by molar-refractivity contribution is 9.10. The van der Waals surface area contributed by atoms with E-state index in [1.54, 1.807) is 11.0 Å². The van der Waals surface area contributed by atoms with Gasteiger partial charge in [0.2, 0.25) is 5.91 Å². The molecule has 116 valence electrons. The lowest BCUT2D eigenvalue weighted by molar-refractivity contribution is -0.131. The predicted octanol–water partition coefficient (Wildman–Crippen LogP) is 1.43. The zero-order valence-corrected chi connectivity index (χ0v) is 13.5. The van der Waals surface area contributed by atoms with E-state index in [4.69, 9.17) is 4.74 Å². The van der Waals surface area contributed by atoms with Gasteiger partial charge in [-0.1, -0.05) is 15.9 Å². The number of hydrazine groups is 1. The van der Waals surface area contributed by atoms with E-state index < -0.39 is 0 Å². The van der Waals surface area contributed by atoms with E-state index in [0.717, 1.165) is 4.47 Å². The first-order chi connectivity index (χ1) is 10.6. The number of anilines is 1. The van der Waals surface area contributed by atoms with Crippen molar-refractivity contribution in [2.45, 2.75) is 6.42 Å². The van der Waals surface area contributed by atoms with Gasteiger partial charge < -0.3 is 9.64 Å². The third-order valence-corrected chi connectivity index (χ3v) is 4.10. The number of hydrogen-bond acceptors (Lipinski definition) is 4. The molecule has 1 fully saturated rings. The van der Waals surface area contributed by atoms with Crippen molar-refractivity contribution < 1.29 is 14.3 Å². The van der Waals surface area contributed by atoms with Crippen LogP contribution < -0.4 is 10.4 Å². The molecule has 1 aromatic carbocycles. The fourth-order valence-corrected chi connectivity index (χ4v) is 2.64. The largest absolute Gasteiger partial charge is 0.378 e. The Hall–Kier alpha value is -1.86. The Labute approximate surface area is 136 Å². The van der Waals surface area contributed by atoms with E-state index in [1.165, 1.54) is 5.01 Å². The lowest BCUT2D eigenvalue weighted by atomic mass is 10.2. The molecule has 0 bridgehead atoms. The normalized spacial score (nSPS) is 18.8. The van der Waals surface area contributed by atoms with Crippen LogP contribution >= 0.6 is 15.9 Å². The van der Waals surface area contributed by atoms with Crippen molar-refractivity contribution in [3.63, 3.8) is 0 Å². The maximum atomic E-state index is 12.5. The average Bonchev–Trinajstić information content (AvgIpc) is 2.56. The molecule has 0 saturated carbocycles. The van der Waals surface area contributed by atoms with Gasteiger partial charge >= 0.3 is 0 Å². The molecular formula is C15H16BrN3O3. The van der Waals surface area contributed by atoms with Crippen molar-refractivity contribution in [3.05, 3.63) is 40.5 Å². The van der Waals surface area contributed by atoms with Crippen molar-refractivity contribution in [2.75, 3.05) is 31.3 Å². The van der Waals surface area contributed by atoms with Crippen LogP contribution in [0.15, 0.2) is 40.5 Å². The maximum absolute atomic E-state index is 12.5. The lowest BCUT2D eigenvalue weighted by Gasteiger charge is -2.32. The predicted molar refractivity (Wildman–Crippen MR) is 84.9 cm³/mol. The summed E-state index contributed by atoms with van der Waals surface area (Å²) in [5.74, 6) is -0.196. The van der Waals surface area contributed by atoms with Crippen molar-refractivity contribution in [1.29, 1.82) is 0 Å². The number of hydrogen-bond donors (Lipinski definition) is 1. The molecule has 3 rings (SSSR count). The Kier molecular flexibility index (Phi) is 4.44. The molecule has 7 heteroatoms. The van der Waals surface area contributed by atoms with Crippen LogP contribution in [0.3, 0.4) is 0 Å². The van der Waals surface area contributed by atoms with Crippen LogP contribution in [0.25, 0.3) is 0 Å². The van der Waals surface area contributed by atoms with Crippen LogP contribution in [-0.2, 0) is 14.3 Å². The summed E-state index contributed by atoms with van der Waals surface area (Å²) >= 11 is 3.36. The lowest BCUT2D eigenvalue weighted by Crippen LogP contribution is -2.51. The number of carbonyl (C=O) groups is 2. The Morgan fingerprint density at radius 1 is 1.18 bits per heavy atom. The summed E-state index contributed by atoms with van der Waals surface area (Å²) in [5.41, 5.74) is 4.07. The van der Waals surface area contributed by atoms with Crippen LogP contribution in [0.1, 0.15) is 6.42 Å². The first-order valence-corrected chi connectivity index (χ1v) is 7.87. The van der Waals surface area contributed by atoms with Crippen molar-refractivity contribution >= 4 is 33.4 Å². The van der Waals surface area contributed by atoms with E-state index in [9.17, 15) is 9.59 Å². The Morgan fingerprint density at radius 2 is 1.86 bits per heavy atom. The molecule has 2 heterocycles. The second-order valence-electron chi connectivity index (χ2n) is 5.04. The van der Waals surface area contributed by atoms with Crippen LogP contribution in [0.5, 0.6) is 0 Å². The van der Waals surface area contributed by atoms with Gasteiger partial charge in [-0.2, -0.15) is 0 Å². The van der Waals surface area contributed by atoms with Crippen LogP contribution in [0.2, 0.25) is 0 Å². The number of benzene rings is 1. The summed E-state index contributed by atoms with van der Waals surface area (Å²) in [6.07, 6.45) is 1.85. The minimum Gasteiger partial charge on any atom is -0.378 e. The number of halogens is 1. The second kappa shape index (κ2) is 6.50. The van der Waals surface area contributed by atoms with Gasteiger partial charge in [0.05, 0.1) is 18.9 Å². The minimum absolute atomic E-state index is 0.0964. The Bertz CT molecular complexity index is 609. The fourth-order valence-electron chi connectivity index (χ4n) is 2.38. The standard InChI is InChI=1S/C15H16BrN3O3/c16-11-1-3-12(4-2-11)19-14(20)6-5-13(17-19)15(21)18-7-9-22-10-8-18/h1-5,17H,6-10H2. The fraction of sp³-hybridized carbons (Fsp3) is 0.333. The summed E-state index contributed by atoms with van der Waals surface area (Å²) in [6, 6.07) is 7.34. The first-order valence-electron chi connectivity index (χ1n) is 7.07. The van der Waals surface area contributed by atoms with Crippen molar-refractivity contribution in [1.82, 2.24) is 10.3 Å². The van der Waals surface area contributed by atoms with E-state index in [1.807, 2.05) is 24.3 Å². The molecule has 1 N–H and O–H groups in total. The molecule has 0 atom stereocenters. The van der Waals surface area contributed by atoms with Gasteiger partial charge in [-0.15, -0.1) is 0 Å². The molecule has 2 aliphatic heterocycles. The van der Waals surface area contributed by atoms with E-state index in [0.29, 0.717) is 37.7 Å². The zero-order chi connectivity index (χ0) is 15.5. The SMILES string of the molecule is O=C(C1=CCC(=O)N(c2ccc(Br)cc2)N1)N1CCOCC1. The number of amides is 2. The second-order valence-corrected chi connectivity index (χ2v) is 5.96. The molecule has 0 spiro atoms. The monoisotopic (exact) mass is 365 g/mol. The number of nitrogens with zero attached hydrogens (tertiary/aromatic N) is 2. The van der Waals surface area contributed by atoms with Gasteiger partial charge in [-0.3, -0.25) is 15.0 Å². The molecule has 6 nitrogen and oxygen atoms in total. The van der Waals surface area contributed by atoms with E-state index in [-0.39, 0.29) is 18.2 Å². The van der Waals surface area contributed by atoms with Crippen molar-refractivity contribution in [3.8, 4) is 0 Å². The molecule has 1 saturated heterocycles. The molecule has 2 amide bonds. The zero-order valence-electron chi connectivity index (χ0n) is 11.9. The van der Waals surface area contributed by atoms with E-state index >= 15 is 0 Å². The number of nitrogens with one attached hydrogen (secondary N) is 1. The topological polar surface area (TPSA) is 61.9 Å². The summed E-state index contributed by atoms with van der Waals surface area (Å²) in [7, 11) is 0. The summed E-state index contributed by atoms with van der Waals surface area (Å²) in [6.45, 7) is 2.25. The number of morpholine rings is 1.